The van der Waals surface area contributed by atoms with Crippen LogP contribution in [0.2, 0.25) is 0 Å². The first-order valence-corrected chi connectivity index (χ1v) is 14.0. The first-order chi connectivity index (χ1) is 17.2. The van der Waals surface area contributed by atoms with Crippen LogP contribution in [0.25, 0.3) is 11.6 Å². The SMILES string of the molecule is CCN(CC)CCN1Cc2[nH]c(/C=C3\C(=O)Nc4ccc(S(=O)(=O)N(CC)CC)cc43)c(C)c2C1=O. The van der Waals surface area contributed by atoms with Gasteiger partial charge in [-0.2, -0.15) is 4.31 Å². The predicted molar refractivity (Wildman–Crippen MR) is 141 cm³/mol. The second-order valence-electron chi connectivity index (χ2n) is 9.08. The maximum absolute atomic E-state index is 13.1. The molecule has 2 amide bonds. The normalized spacial score (nSPS) is 16.4. The third-order valence-corrected chi connectivity index (χ3v) is 9.25. The summed E-state index contributed by atoms with van der Waals surface area (Å²) < 4.78 is 27.5. The van der Waals surface area contributed by atoms with E-state index in [-0.39, 0.29) is 16.7 Å². The molecule has 0 aliphatic carbocycles. The summed E-state index contributed by atoms with van der Waals surface area (Å²) in [6.45, 7) is 14.3. The lowest BCUT2D eigenvalue weighted by Crippen LogP contribution is -2.35. The number of nitrogens with zero attached hydrogens (tertiary/aromatic N) is 3. The lowest BCUT2D eigenvalue weighted by molar-refractivity contribution is -0.110. The number of carbonyl (C=O) groups is 2. The third-order valence-electron chi connectivity index (χ3n) is 7.20. The van der Waals surface area contributed by atoms with Crippen molar-refractivity contribution >= 4 is 39.2 Å². The molecule has 1 aromatic carbocycles. The quantitative estimate of drug-likeness (QED) is 0.475. The molecule has 0 spiro atoms. The Morgan fingerprint density at radius 3 is 2.36 bits per heavy atom. The van der Waals surface area contributed by atoms with E-state index in [1.54, 1.807) is 32.1 Å². The molecule has 2 aromatic rings. The second kappa shape index (κ2) is 10.2. The third kappa shape index (κ3) is 4.49. The summed E-state index contributed by atoms with van der Waals surface area (Å²) in [6, 6.07) is 4.71. The highest BCUT2D eigenvalue weighted by atomic mass is 32.2. The summed E-state index contributed by atoms with van der Waals surface area (Å²) in [7, 11) is -3.67. The number of fused-ring (bicyclic) bond motifs is 2. The number of hydrogen-bond acceptors (Lipinski definition) is 5. The van der Waals surface area contributed by atoms with Crippen LogP contribution < -0.4 is 5.32 Å². The molecule has 36 heavy (non-hydrogen) atoms. The van der Waals surface area contributed by atoms with Gasteiger partial charge in [0.25, 0.3) is 11.8 Å². The first kappa shape index (κ1) is 26.1. The minimum atomic E-state index is -3.67. The zero-order valence-electron chi connectivity index (χ0n) is 21.6. The molecule has 194 valence electrons. The van der Waals surface area contributed by atoms with Crippen molar-refractivity contribution in [2.45, 2.75) is 46.1 Å². The van der Waals surface area contributed by atoms with Gasteiger partial charge in [-0.15, -0.1) is 0 Å². The molecule has 0 unspecified atom stereocenters. The smallest absolute Gasteiger partial charge is 0.256 e. The minimum Gasteiger partial charge on any atom is -0.357 e. The molecule has 9 nitrogen and oxygen atoms in total. The number of benzene rings is 1. The van der Waals surface area contributed by atoms with Gasteiger partial charge >= 0.3 is 0 Å². The van der Waals surface area contributed by atoms with Crippen molar-refractivity contribution in [3.8, 4) is 0 Å². The number of nitrogens with one attached hydrogen (secondary N) is 2. The molecular weight excluding hydrogens is 478 g/mol. The topological polar surface area (TPSA) is 106 Å². The molecule has 0 fully saturated rings. The number of anilines is 1. The Bertz CT molecular complexity index is 1320. The number of aromatic amines is 1. The van der Waals surface area contributed by atoms with Crippen molar-refractivity contribution in [3.05, 3.63) is 46.3 Å². The van der Waals surface area contributed by atoms with E-state index >= 15 is 0 Å². The summed E-state index contributed by atoms with van der Waals surface area (Å²) in [4.78, 5) is 33.6. The van der Waals surface area contributed by atoms with Gasteiger partial charge in [0.2, 0.25) is 10.0 Å². The molecule has 2 N–H and O–H groups in total. The average Bonchev–Trinajstić information content (AvgIpc) is 3.45. The number of sulfonamides is 1. The van der Waals surface area contributed by atoms with Crippen LogP contribution in [0.15, 0.2) is 23.1 Å². The fourth-order valence-corrected chi connectivity index (χ4v) is 6.45. The molecule has 10 heteroatoms. The van der Waals surface area contributed by atoms with Crippen LogP contribution in [0.4, 0.5) is 5.69 Å². The monoisotopic (exact) mass is 513 g/mol. The molecular formula is C26H35N5O4S. The van der Waals surface area contributed by atoms with Gasteiger partial charge in [0.15, 0.2) is 0 Å². The van der Waals surface area contributed by atoms with E-state index in [9.17, 15) is 18.0 Å². The van der Waals surface area contributed by atoms with Crippen LogP contribution in [-0.2, 0) is 21.4 Å². The van der Waals surface area contributed by atoms with E-state index in [1.807, 2.05) is 11.8 Å². The fraction of sp³-hybridized carbons (Fsp3) is 0.462. The Kier molecular flexibility index (Phi) is 7.40. The molecule has 0 radical (unpaired) electrons. The highest BCUT2D eigenvalue weighted by Crippen LogP contribution is 2.37. The first-order valence-electron chi connectivity index (χ1n) is 12.6. The van der Waals surface area contributed by atoms with Crippen molar-refractivity contribution in [1.29, 1.82) is 0 Å². The van der Waals surface area contributed by atoms with Gasteiger partial charge in [0, 0.05) is 48.8 Å². The van der Waals surface area contributed by atoms with Gasteiger partial charge in [-0.25, -0.2) is 8.42 Å². The molecule has 4 rings (SSSR count). The predicted octanol–water partition coefficient (Wildman–Crippen LogP) is 3.14. The highest BCUT2D eigenvalue weighted by molar-refractivity contribution is 7.89. The van der Waals surface area contributed by atoms with E-state index in [0.717, 1.165) is 30.9 Å². The number of hydrogen-bond donors (Lipinski definition) is 2. The summed E-state index contributed by atoms with van der Waals surface area (Å²) in [5.41, 5.74) is 4.47. The molecule has 0 saturated carbocycles. The van der Waals surface area contributed by atoms with Gasteiger partial charge < -0.3 is 20.1 Å². The van der Waals surface area contributed by atoms with Crippen molar-refractivity contribution in [3.63, 3.8) is 0 Å². The lowest BCUT2D eigenvalue weighted by atomic mass is 10.0. The zero-order chi connectivity index (χ0) is 26.2. The Morgan fingerprint density at radius 1 is 1.06 bits per heavy atom. The highest BCUT2D eigenvalue weighted by Gasteiger charge is 2.33. The lowest BCUT2D eigenvalue weighted by Gasteiger charge is -2.22. The Morgan fingerprint density at radius 2 is 1.75 bits per heavy atom. The molecule has 0 saturated heterocycles. The van der Waals surface area contributed by atoms with Crippen LogP contribution in [0.3, 0.4) is 0 Å². The van der Waals surface area contributed by atoms with Crippen LogP contribution in [0.1, 0.15) is 60.6 Å². The Balaban J connectivity index is 1.64. The van der Waals surface area contributed by atoms with Gasteiger partial charge in [-0.1, -0.05) is 27.7 Å². The Labute approximate surface area is 213 Å². The Hall–Kier alpha value is -2.95. The number of H-pyrrole nitrogens is 1. The van der Waals surface area contributed by atoms with Crippen molar-refractivity contribution < 1.29 is 18.0 Å². The van der Waals surface area contributed by atoms with Gasteiger partial charge in [-0.05, 0) is 49.9 Å². The molecule has 2 aliphatic heterocycles. The molecule has 0 atom stereocenters. The van der Waals surface area contributed by atoms with E-state index in [2.05, 4.69) is 29.0 Å². The maximum Gasteiger partial charge on any atom is 0.256 e. The van der Waals surface area contributed by atoms with Gasteiger partial charge in [0.1, 0.15) is 0 Å². The number of likely N-dealkylation sites (N-methyl/N-ethyl adjacent to an activating group) is 1. The summed E-state index contributed by atoms with van der Waals surface area (Å²) in [6.07, 6.45) is 1.72. The van der Waals surface area contributed by atoms with Crippen LogP contribution >= 0.6 is 0 Å². The molecule has 1 aromatic heterocycles. The average molecular weight is 514 g/mol. The van der Waals surface area contributed by atoms with Crippen molar-refractivity contribution in [2.24, 2.45) is 0 Å². The maximum atomic E-state index is 13.1. The van der Waals surface area contributed by atoms with Gasteiger partial charge in [-0.3, -0.25) is 9.59 Å². The van der Waals surface area contributed by atoms with Crippen LogP contribution in [-0.4, -0.2) is 78.6 Å². The zero-order valence-corrected chi connectivity index (χ0v) is 22.5. The largest absolute Gasteiger partial charge is 0.357 e. The van der Waals surface area contributed by atoms with Crippen LogP contribution in [0, 0.1) is 6.92 Å². The molecule has 2 aliphatic rings. The van der Waals surface area contributed by atoms with E-state index in [0.29, 0.717) is 54.3 Å². The van der Waals surface area contributed by atoms with Crippen molar-refractivity contribution in [2.75, 3.05) is 44.6 Å². The van der Waals surface area contributed by atoms with Gasteiger partial charge in [0.05, 0.1) is 22.6 Å². The van der Waals surface area contributed by atoms with E-state index in [4.69, 9.17) is 0 Å². The van der Waals surface area contributed by atoms with E-state index in [1.165, 1.54) is 10.4 Å². The second-order valence-corrected chi connectivity index (χ2v) is 11.0. The number of rotatable bonds is 10. The van der Waals surface area contributed by atoms with Crippen molar-refractivity contribution in [1.82, 2.24) is 19.1 Å². The molecule has 0 bridgehead atoms. The summed E-state index contributed by atoms with van der Waals surface area (Å²) >= 11 is 0. The van der Waals surface area contributed by atoms with E-state index < -0.39 is 10.0 Å². The number of aromatic nitrogens is 1. The van der Waals surface area contributed by atoms with Crippen LogP contribution in [0.5, 0.6) is 0 Å². The standard InChI is InChI=1S/C26H35N5O4S/c1-6-29(7-2)12-13-30-16-23-24(26(30)33)17(5)22(27-23)15-20-19-14-18(10-11-21(19)28-25(20)32)36(34,35)31(8-3)9-4/h10-11,14-15,27H,6-9,12-13,16H2,1-5H3,(H,28,32)/b20-15-. The molecule has 3 heterocycles. The minimum absolute atomic E-state index is 0.000526. The number of amides is 2. The summed E-state index contributed by atoms with van der Waals surface area (Å²) in [5.74, 6) is -0.303. The number of carbonyl (C=O) groups excluding carboxylic acids is 2. The summed E-state index contributed by atoms with van der Waals surface area (Å²) in [5, 5.41) is 2.82. The fourth-order valence-electron chi connectivity index (χ4n) is 4.96.